The van der Waals surface area contributed by atoms with Gasteiger partial charge in [0.1, 0.15) is 40.8 Å². The van der Waals surface area contributed by atoms with Crippen LogP contribution in [0.4, 0.5) is 10.6 Å². The Morgan fingerprint density at radius 1 is 1.31 bits per heavy atom. The molecule has 210 valence electrons. The number of carbonyl (C=O) groups is 1. The molecule has 2 aromatic heterocycles. The molecule has 3 N–H and O–H groups in total. The highest BCUT2D eigenvalue weighted by Gasteiger charge is 2.29. The number of aryl methyl sites for hydroxylation is 2. The minimum atomic E-state index is -0.677. The molecule has 0 radical (unpaired) electrons. The summed E-state index contributed by atoms with van der Waals surface area (Å²) < 4.78 is 16.3. The van der Waals surface area contributed by atoms with Crippen molar-refractivity contribution >= 4 is 35.1 Å². The second-order valence-corrected chi connectivity index (χ2v) is 9.98. The molecule has 1 aromatic carbocycles. The van der Waals surface area contributed by atoms with Crippen LogP contribution in [0.1, 0.15) is 24.8 Å². The second-order valence-electron chi connectivity index (χ2n) is 9.20. The van der Waals surface area contributed by atoms with Crippen molar-refractivity contribution in [1.82, 2.24) is 25.3 Å². The van der Waals surface area contributed by atoms with Gasteiger partial charge in [0, 0.05) is 31.2 Å². The number of aliphatic hydroxyl groups excluding tert-OH is 1. The summed E-state index contributed by atoms with van der Waals surface area (Å²) in [6, 6.07) is 5.01. The first kappa shape index (κ1) is 28.9. The smallest absolute Gasteiger partial charge is 0.409 e. The topological polar surface area (TPSA) is 135 Å². The van der Waals surface area contributed by atoms with Crippen molar-refractivity contribution in [2.24, 2.45) is 0 Å². The van der Waals surface area contributed by atoms with Crippen molar-refractivity contribution in [3.63, 3.8) is 0 Å². The Hall–Kier alpha value is -3.12. The number of anilines is 1. The predicted octanol–water partition coefficient (Wildman–Crippen LogP) is 4.32. The molecule has 4 rings (SSSR count). The lowest BCUT2D eigenvalue weighted by Gasteiger charge is -2.19. The zero-order valence-electron chi connectivity index (χ0n) is 22.3. The Bertz CT molecular complexity index is 1300. The maximum atomic E-state index is 12.2. The molecule has 11 nitrogen and oxygen atoms in total. The van der Waals surface area contributed by atoms with Gasteiger partial charge in [-0.3, -0.25) is 0 Å². The van der Waals surface area contributed by atoms with Gasteiger partial charge < -0.3 is 34.6 Å². The Morgan fingerprint density at radius 2 is 2.10 bits per heavy atom. The van der Waals surface area contributed by atoms with Crippen LogP contribution in [-0.4, -0.2) is 83.3 Å². The Kier molecular flexibility index (Phi) is 9.49. The number of likely N-dealkylation sites (N-methyl/N-ethyl adjacent to an activating group) is 1. The average Bonchev–Trinajstić information content (AvgIpc) is 3.51. The quantitative estimate of drug-likeness (QED) is 0.319. The zero-order chi connectivity index (χ0) is 28.1. The normalized spacial score (nSPS) is 15.9. The second kappa shape index (κ2) is 12.8. The molecule has 1 saturated heterocycles. The van der Waals surface area contributed by atoms with E-state index in [-0.39, 0.29) is 18.7 Å². The minimum Gasteiger partial charge on any atom is -0.491 e. The summed E-state index contributed by atoms with van der Waals surface area (Å²) >= 11 is 13.5. The first-order valence-corrected chi connectivity index (χ1v) is 13.4. The number of ether oxygens (including phenoxy) is 2. The monoisotopic (exact) mass is 578 g/mol. The molecule has 0 unspecified atom stereocenters. The van der Waals surface area contributed by atoms with Gasteiger partial charge in [0.2, 0.25) is 0 Å². The maximum absolute atomic E-state index is 12.2. The molecule has 3 aromatic rings. The van der Waals surface area contributed by atoms with Gasteiger partial charge in [-0.15, -0.1) is 0 Å². The van der Waals surface area contributed by atoms with Crippen LogP contribution in [0.2, 0.25) is 10.0 Å². The molecule has 0 spiro atoms. The third kappa shape index (κ3) is 6.73. The van der Waals surface area contributed by atoms with Crippen LogP contribution < -0.4 is 15.4 Å². The van der Waals surface area contributed by atoms with E-state index in [1.807, 2.05) is 6.92 Å². The number of likely N-dealkylation sites (tertiary alicyclic amines) is 1. The molecule has 2 atom stereocenters. The number of rotatable bonds is 10. The summed E-state index contributed by atoms with van der Waals surface area (Å²) in [5.41, 5.74) is 2.24. The van der Waals surface area contributed by atoms with Gasteiger partial charge in [-0.1, -0.05) is 28.4 Å². The molecule has 0 bridgehead atoms. The summed E-state index contributed by atoms with van der Waals surface area (Å²) in [7, 11) is 1.75. The van der Waals surface area contributed by atoms with Crippen LogP contribution in [0.5, 0.6) is 5.75 Å². The standard InChI is InChI=1S/C26H32Cl2N6O5/c1-5-37-26(36)34-9-8-16(12-34)30-25-22(28)23(21-14(2)33-39-15(21)3)31-24(32-25)19-10-18(6-7-20(19)27)38-13-17(35)11-29-4/h6-7,10,16-17,29,35H,5,8-9,11-13H2,1-4H3,(H,30,31,32)/t16-,17-/m1/s1. The molecule has 1 amide bonds. The highest BCUT2D eigenvalue weighted by atomic mass is 35.5. The fourth-order valence-electron chi connectivity index (χ4n) is 4.35. The largest absolute Gasteiger partial charge is 0.491 e. The molecule has 13 heteroatoms. The number of halogens is 2. The van der Waals surface area contributed by atoms with E-state index in [0.29, 0.717) is 88.4 Å². The average molecular weight is 579 g/mol. The molecule has 3 heterocycles. The van der Waals surface area contributed by atoms with Gasteiger partial charge in [0.05, 0.1) is 22.9 Å². The first-order chi connectivity index (χ1) is 18.7. The van der Waals surface area contributed by atoms with Crippen LogP contribution in [0, 0.1) is 13.8 Å². The summed E-state index contributed by atoms with van der Waals surface area (Å²) in [6.07, 6.45) is -0.340. The molecule has 39 heavy (non-hydrogen) atoms. The predicted molar refractivity (Wildman–Crippen MR) is 149 cm³/mol. The number of benzene rings is 1. The Labute approximate surface area is 236 Å². The van der Waals surface area contributed by atoms with E-state index < -0.39 is 6.10 Å². The maximum Gasteiger partial charge on any atom is 0.409 e. The van der Waals surface area contributed by atoms with Gasteiger partial charge in [-0.2, -0.15) is 0 Å². The summed E-state index contributed by atoms with van der Waals surface area (Å²) in [4.78, 5) is 23.3. The molecule has 0 aliphatic carbocycles. The number of nitrogens with zero attached hydrogens (tertiary/aromatic N) is 4. The number of amides is 1. The molecular formula is C26H32Cl2N6O5. The minimum absolute atomic E-state index is 0.0964. The fraction of sp³-hybridized carbons (Fsp3) is 0.462. The van der Waals surface area contributed by atoms with Crippen molar-refractivity contribution in [2.45, 2.75) is 39.3 Å². The van der Waals surface area contributed by atoms with E-state index in [2.05, 4.69) is 15.8 Å². The lowest BCUT2D eigenvalue weighted by molar-refractivity contribution is 0.108. The van der Waals surface area contributed by atoms with E-state index in [4.69, 9.17) is 47.2 Å². The van der Waals surface area contributed by atoms with Gasteiger partial charge in [0.15, 0.2) is 5.82 Å². The number of hydrogen-bond acceptors (Lipinski definition) is 10. The van der Waals surface area contributed by atoms with Gasteiger partial charge in [-0.05, 0) is 52.4 Å². The van der Waals surface area contributed by atoms with Crippen LogP contribution in [0.3, 0.4) is 0 Å². The van der Waals surface area contributed by atoms with Crippen molar-refractivity contribution in [3.05, 3.63) is 39.7 Å². The lowest BCUT2D eigenvalue weighted by Crippen LogP contribution is -2.32. The van der Waals surface area contributed by atoms with Gasteiger partial charge in [0.25, 0.3) is 0 Å². The number of carbonyl (C=O) groups excluding carboxylic acids is 1. The number of hydrogen-bond donors (Lipinski definition) is 3. The van der Waals surface area contributed by atoms with Crippen LogP contribution >= 0.6 is 23.2 Å². The Morgan fingerprint density at radius 3 is 2.79 bits per heavy atom. The van der Waals surface area contributed by atoms with Crippen molar-refractivity contribution < 1.29 is 23.9 Å². The van der Waals surface area contributed by atoms with E-state index >= 15 is 0 Å². The van der Waals surface area contributed by atoms with Crippen molar-refractivity contribution in [2.75, 3.05) is 45.2 Å². The third-order valence-electron chi connectivity index (χ3n) is 6.24. The molecule has 1 aliphatic rings. The molecule has 1 aliphatic heterocycles. The van der Waals surface area contributed by atoms with Crippen LogP contribution in [-0.2, 0) is 4.74 Å². The van der Waals surface area contributed by atoms with E-state index in [1.165, 1.54) is 0 Å². The molecule has 1 fully saturated rings. The highest BCUT2D eigenvalue weighted by Crippen LogP contribution is 2.39. The fourth-order valence-corrected chi connectivity index (χ4v) is 4.79. The molecule has 0 saturated carbocycles. The van der Waals surface area contributed by atoms with Crippen LogP contribution in [0.15, 0.2) is 22.7 Å². The van der Waals surface area contributed by atoms with E-state index in [1.54, 1.807) is 44.0 Å². The number of aromatic nitrogens is 3. The Balaban J connectivity index is 1.71. The van der Waals surface area contributed by atoms with Crippen molar-refractivity contribution in [3.8, 4) is 28.4 Å². The van der Waals surface area contributed by atoms with Gasteiger partial charge >= 0.3 is 6.09 Å². The number of aliphatic hydroxyl groups is 1. The summed E-state index contributed by atoms with van der Waals surface area (Å²) in [6.45, 7) is 7.16. The van der Waals surface area contributed by atoms with Crippen LogP contribution in [0.25, 0.3) is 22.6 Å². The van der Waals surface area contributed by atoms with E-state index in [9.17, 15) is 9.90 Å². The van der Waals surface area contributed by atoms with E-state index in [0.717, 1.165) is 0 Å². The lowest BCUT2D eigenvalue weighted by atomic mass is 10.1. The first-order valence-electron chi connectivity index (χ1n) is 12.7. The number of nitrogens with one attached hydrogen (secondary N) is 2. The summed E-state index contributed by atoms with van der Waals surface area (Å²) in [5.74, 6) is 1.75. The van der Waals surface area contributed by atoms with Crippen molar-refractivity contribution in [1.29, 1.82) is 0 Å². The molecular weight excluding hydrogens is 547 g/mol. The zero-order valence-corrected chi connectivity index (χ0v) is 23.8. The summed E-state index contributed by atoms with van der Waals surface area (Å²) in [5, 5.41) is 21.1. The van der Waals surface area contributed by atoms with Gasteiger partial charge in [-0.25, -0.2) is 14.8 Å². The third-order valence-corrected chi connectivity index (χ3v) is 6.92. The highest BCUT2D eigenvalue weighted by molar-refractivity contribution is 6.35. The SMILES string of the molecule is CCOC(=O)N1CC[C@@H](Nc2nc(-c3cc(OC[C@H](O)CNC)ccc3Cl)nc(-c3c(C)noc3C)c2Cl)C1.